The summed E-state index contributed by atoms with van der Waals surface area (Å²) >= 11 is 3.74. The van der Waals surface area contributed by atoms with Crippen LogP contribution >= 0.6 is 15.9 Å². The fourth-order valence-electron chi connectivity index (χ4n) is 4.66. The van der Waals surface area contributed by atoms with Gasteiger partial charge in [0.05, 0.1) is 22.1 Å². The molecule has 1 fully saturated rings. The van der Waals surface area contributed by atoms with Crippen LogP contribution in [-0.2, 0) is 6.54 Å². The van der Waals surface area contributed by atoms with Crippen molar-refractivity contribution < 1.29 is 0 Å². The molecule has 0 aromatic carbocycles. The molecule has 0 amide bonds. The summed E-state index contributed by atoms with van der Waals surface area (Å²) in [7, 11) is 2.02. The Labute approximate surface area is 190 Å². The number of aromatic nitrogens is 4. The average molecular weight is 483 g/mol. The number of halogens is 1. The maximum Gasteiger partial charge on any atom is 0.159 e. The molecule has 0 bridgehead atoms. The van der Waals surface area contributed by atoms with Crippen molar-refractivity contribution in [2.75, 3.05) is 38.1 Å². The first-order valence-electron chi connectivity index (χ1n) is 10.7. The summed E-state index contributed by atoms with van der Waals surface area (Å²) in [4.78, 5) is 22.2. The van der Waals surface area contributed by atoms with E-state index in [1.807, 2.05) is 36.7 Å². The Morgan fingerprint density at radius 3 is 2.68 bits per heavy atom. The second-order valence-electron chi connectivity index (χ2n) is 8.43. The molecule has 3 aromatic heterocycles. The van der Waals surface area contributed by atoms with Gasteiger partial charge < -0.3 is 9.88 Å². The van der Waals surface area contributed by atoms with Gasteiger partial charge in [-0.3, -0.25) is 14.9 Å². The topological polar surface area (TPSA) is 76.5 Å². The Morgan fingerprint density at radius 1 is 1.19 bits per heavy atom. The van der Waals surface area contributed by atoms with Crippen molar-refractivity contribution in [3.63, 3.8) is 0 Å². The predicted octanol–water partition coefficient (Wildman–Crippen LogP) is 3.23. The molecule has 0 spiro atoms. The standard InChI is InChI=1S/C22H27BrN8/c1-14-18(15(2)29(3)28-14)21-26-19-20(17(23)12-25-22(19)27-21)31-9-7-30(8-10-31)13-16-5-4-6-24-11-16/h4-6,11-12,15,18H,7-10,13H2,1-3H3,(H,25,26,27). The maximum atomic E-state index is 5.03. The smallest absolute Gasteiger partial charge is 0.159 e. The van der Waals surface area contributed by atoms with Crippen LogP contribution in [0.15, 0.2) is 40.3 Å². The molecule has 2 atom stereocenters. The molecule has 0 aliphatic carbocycles. The lowest BCUT2D eigenvalue weighted by atomic mass is 9.97. The van der Waals surface area contributed by atoms with Gasteiger partial charge in [0.1, 0.15) is 11.3 Å². The molecule has 3 aromatic rings. The van der Waals surface area contributed by atoms with Crippen LogP contribution in [0.4, 0.5) is 5.69 Å². The van der Waals surface area contributed by atoms with E-state index in [0.29, 0.717) is 0 Å². The molecule has 162 valence electrons. The van der Waals surface area contributed by atoms with Crippen molar-refractivity contribution in [3.05, 3.63) is 46.6 Å². The van der Waals surface area contributed by atoms with E-state index in [1.54, 1.807) is 0 Å². The number of likely N-dealkylation sites (N-methyl/N-ethyl adjacent to an activating group) is 1. The maximum absolute atomic E-state index is 5.03. The van der Waals surface area contributed by atoms with Crippen molar-refractivity contribution >= 4 is 38.5 Å². The van der Waals surface area contributed by atoms with E-state index in [2.05, 4.69) is 65.7 Å². The first kappa shape index (κ1) is 20.4. The second kappa shape index (κ2) is 8.20. The highest BCUT2D eigenvalue weighted by Gasteiger charge is 2.34. The van der Waals surface area contributed by atoms with Gasteiger partial charge in [0.15, 0.2) is 5.65 Å². The number of piperazine rings is 1. The molecular formula is C22H27BrN8. The fourth-order valence-corrected chi connectivity index (χ4v) is 5.20. The highest BCUT2D eigenvalue weighted by Crippen LogP contribution is 2.36. The third-order valence-electron chi connectivity index (χ3n) is 6.41. The van der Waals surface area contributed by atoms with Crippen LogP contribution in [0.1, 0.15) is 31.2 Å². The molecule has 1 saturated heterocycles. The molecule has 2 unspecified atom stereocenters. The number of nitrogens with one attached hydrogen (secondary N) is 1. The van der Waals surface area contributed by atoms with Crippen molar-refractivity contribution in [1.82, 2.24) is 29.8 Å². The van der Waals surface area contributed by atoms with Gasteiger partial charge in [-0.15, -0.1) is 0 Å². The third kappa shape index (κ3) is 3.80. The number of nitrogens with zero attached hydrogens (tertiary/aromatic N) is 7. The SMILES string of the molecule is CC1=NN(C)C(C)C1c1nc2c(N3CCN(Cc4cccnc4)CC3)c(Br)cnc2[nH]1. The predicted molar refractivity (Wildman–Crippen MR) is 126 cm³/mol. The van der Waals surface area contributed by atoms with Crippen LogP contribution in [0.2, 0.25) is 0 Å². The minimum absolute atomic E-state index is 0.155. The highest BCUT2D eigenvalue weighted by atomic mass is 79.9. The number of imidazole rings is 1. The zero-order valence-electron chi connectivity index (χ0n) is 18.1. The molecule has 1 N–H and O–H groups in total. The molecule has 2 aliphatic heterocycles. The molecule has 0 radical (unpaired) electrons. The van der Waals surface area contributed by atoms with Crippen LogP contribution in [0.5, 0.6) is 0 Å². The van der Waals surface area contributed by atoms with Crippen LogP contribution in [0, 0.1) is 0 Å². The number of rotatable bonds is 4. The van der Waals surface area contributed by atoms with Crippen LogP contribution in [-0.4, -0.2) is 74.8 Å². The second-order valence-corrected chi connectivity index (χ2v) is 9.29. The normalized spacial score (nSPS) is 22.4. The average Bonchev–Trinajstić information content (AvgIpc) is 3.29. The van der Waals surface area contributed by atoms with E-state index in [1.165, 1.54) is 5.56 Å². The van der Waals surface area contributed by atoms with Crippen molar-refractivity contribution in [1.29, 1.82) is 0 Å². The minimum atomic E-state index is 0.155. The van der Waals surface area contributed by atoms with Crippen molar-refractivity contribution in [2.24, 2.45) is 5.10 Å². The summed E-state index contributed by atoms with van der Waals surface area (Å²) in [6, 6.07) is 4.41. The van der Waals surface area contributed by atoms with E-state index < -0.39 is 0 Å². The van der Waals surface area contributed by atoms with E-state index in [9.17, 15) is 0 Å². The van der Waals surface area contributed by atoms with Crippen LogP contribution in [0.3, 0.4) is 0 Å². The lowest BCUT2D eigenvalue weighted by molar-refractivity contribution is 0.249. The van der Waals surface area contributed by atoms with Gasteiger partial charge in [0.2, 0.25) is 0 Å². The quantitative estimate of drug-likeness (QED) is 0.614. The number of hydrogen-bond acceptors (Lipinski definition) is 7. The summed E-state index contributed by atoms with van der Waals surface area (Å²) in [6.45, 7) is 9.09. The number of hydrazone groups is 1. The van der Waals surface area contributed by atoms with Gasteiger partial charge in [0.25, 0.3) is 0 Å². The molecule has 31 heavy (non-hydrogen) atoms. The van der Waals surface area contributed by atoms with Gasteiger partial charge in [-0.25, -0.2) is 9.97 Å². The zero-order chi connectivity index (χ0) is 21.5. The van der Waals surface area contributed by atoms with Gasteiger partial charge in [-0.1, -0.05) is 6.07 Å². The Hall–Kier alpha value is -2.52. The van der Waals surface area contributed by atoms with Crippen LogP contribution in [0.25, 0.3) is 11.2 Å². The molecule has 5 rings (SSSR count). The lowest BCUT2D eigenvalue weighted by Gasteiger charge is -2.36. The van der Waals surface area contributed by atoms with E-state index >= 15 is 0 Å². The Bertz CT molecular complexity index is 1100. The van der Waals surface area contributed by atoms with Crippen LogP contribution < -0.4 is 4.90 Å². The highest BCUT2D eigenvalue weighted by molar-refractivity contribution is 9.10. The minimum Gasteiger partial charge on any atom is -0.366 e. The Balaban J connectivity index is 1.38. The number of fused-ring (bicyclic) bond motifs is 1. The lowest BCUT2D eigenvalue weighted by Crippen LogP contribution is -2.46. The first-order chi connectivity index (χ1) is 15.0. The molecule has 5 heterocycles. The van der Waals surface area contributed by atoms with Gasteiger partial charge in [-0.2, -0.15) is 5.10 Å². The number of H-pyrrole nitrogens is 1. The molecule has 8 nitrogen and oxygen atoms in total. The number of hydrogen-bond donors (Lipinski definition) is 1. The summed E-state index contributed by atoms with van der Waals surface area (Å²) in [5, 5.41) is 6.62. The number of anilines is 1. The van der Waals surface area contributed by atoms with Crippen molar-refractivity contribution in [2.45, 2.75) is 32.4 Å². The third-order valence-corrected chi connectivity index (χ3v) is 6.99. The molecule has 9 heteroatoms. The first-order valence-corrected chi connectivity index (χ1v) is 11.5. The van der Waals surface area contributed by atoms with Crippen molar-refractivity contribution in [3.8, 4) is 0 Å². The van der Waals surface area contributed by atoms with Gasteiger partial charge >= 0.3 is 0 Å². The van der Waals surface area contributed by atoms with Gasteiger partial charge in [-0.05, 0) is 41.4 Å². The molecular weight excluding hydrogens is 456 g/mol. The Kier molecular flexibility index (Phi) is 5.39. The summed E-state index contributed by atoms with van der Waals surface area (Å²) in [5.41, 5.74) is 5.23. The fraction of sp³-hybridized carbons (Fsp3) is 0.455. The zero-order valence-corrected chi connectivity index (χ0v) is 19.7. The summed E-state index contributed by atoms with van der Waals surface area (Å²) < 4.78 is 0.987. The molecule has 0 saturated carbocycles. The van der Waals surface area contributed by atoms with E-state index in [4.69, 9.17) is 4.98 Å². The van der Waals surface area contributed by atoms with E-state index in [-0.39, 0.29) is 12.0 Å². The summed E-state index contributed by atoms with van der Waals surface area (Å²) in [6.07, 6.45) is 5.66. The number of aromatic amines is 1. The monoisotopic (exact) mass is 482 g/mol. The van der Waals surface area contributed by atoms with Gasteiger partial charge in [0, 0.05) is 64.1 Å². The Morgan fingerprint density at radius 2 is 2.00 bits per heavy atom. The number of pyridine rings is 2. The molecule has 2 aliphatic rings. The van der Waals surface area contributed by atoms with E-state index in [0.717, 1.165) is 65.6 Å². The largest absolute Gasteiger partial charge is 0.366 e. The summed E-state index contributed by atoms with van der Waals surface area (Å²) in [5.74, 6) is 1.09.